The average molecular weight is 250 g/mol. The van der Waals surface area contributed by atoms with Crippen LogP contribution in [0.3, 0.4) is 0 Å². The van der Waals surface area contributed by atoms with Crippen molar-refractivity contribution in [1.29, 1.82) is 0 Å². The van der Waals surface area contributed by atoms with Crippen LogP contribution < -0.4 is 5.32 Å². The van der Waals surface area contributed by atoms with E-state index in [-0.39, 0.29) is 6.04 Å². The number of hydrogen-bond donors (Lipinski definition) is 1. The maximum absolute atomic E-state index is 4.55. The fourth-order valence-electron chi connectivity index (χ4n) is 1.94. The second-order valence-corrected chi connectivity index (χ2v) is 5.37. The predicted octanol–water partition coefficient (Wildman–Crippen LogP) is 2.54. The molecule has 4 nitrogen and oxygen atoms in total. The molecule has 1 unspecified atom stereocenters. The van der Waals surface area contributed by atoms with Gasteiger partial charge in [0, 0.05) is 17.6 Å². The zero-order valence-corrected chi connectivity index (χ0v) is 11.5. The largest absolute Gasteiger partial charge is 0.307 e. The number of aromatic nitrogens is 3. The van der Waals surface area contributed by atoms with E-state index in [0.717, 1.165) is 16.4 Å². The third-order valence-corrected chi connectivity index (χ3v) is 3.50. The van der Waals surface area contributed by atoms with Crippen LogP contribution in [0.1, 0.15) is 42.3 Å². The molecular weight excluding hydrogens is 232 g/mol. The Hall–Kier alpha value is -1.20. The van der Waals surface area contributed by atoms with Crippen molar-refractivity contribution in [3.63, 3.8) is 0 Å². The van der Waals surface area contributed by atoms with E-state index in [9.17, 15) is 0 Å². The molecule has 0 aromatic carbocycles. The molecule has 2 heterocycles. The minimum absolute atomic E-state index is 0.116. The molecule has 1 N–H and O–H groups in total. The van der Waals surface area contributed by atoms with Crippen molar-refractivity contribution in [2.45, 2.75) is 32.9 Å². The lowest BCUT2D eigenvalue weighted by Gasteiger charge is -2.18. The SMILES string of the molecule is CNC(c1csc(C)n1)c1ccnn1C(C)C. The lowest BCUT2D eigenvalue weighted by molar-refractivity contribution is 0.481. The zero-order chi connectivity index (χ0) is 12.4. The maximum atomic E-state index is 4.55. The normalized spacial score (nSPS) is 13.2. The van der Waals surface area contributed by atoms with E-state index < -0.39 is 0 Å². The minimum atomic E-state index is 0.116. The molecule has 2 aromatic heterocycles. The van der Waals surface area contributed by atoms with Gasteiger partial charge in [-0.2, -0.15) is 5.10 Å². The number of thiazole rings is 1. The number of rotatable bonds is 4. The first-order valence-electron chi connectivity index (χ1n) is 5.76. The predicted molar refractivity (Wildman–Crippen MR) is 70.4 cm³/mol. The molecule has 2 aromatic rings. The Morgan fingerprint density at radius 3 is 2.71 bits per heavy atom. The molecular formula is C12H18N4S. The highest BCUT2D eigenvalue weighted by atomic mass is 32.1. The van der Waals surface area contributed by atoms with Crippen LogP contribution in [0.2, 0.25) is 0 Å². The summed E-state index contributed by atoms with van der Waals surface area (Å²) in [7, 11) is 1.96. The second-order valence-electron chi connectivity index (χ2n) is 4.31. The molecule has 92 valence electrons. The molecule has 0 saturated carbocycles. The van der Waals surface area contributed by atoms with Gasteiger partial charge in [0.2, 0.25) is 0 Å². The van der Waals surface area contributed by atoms with Crippen LogP contribution in [-0.4, -0.2) is 21.8 Å². The molecule has 0 saturated heterocycles. The van der Waals surface area contributed by atoms with Crippen molar-refractivity contribution in [2.24, 2.45) is 0 Å². The molecule has 0 aliphatic heterocycles. The monoisotopic (exact) mass is 250 g/mol. The van der Waals surface area contributed by atoms with E-state index in [1.54, 1.807) is 11.3 Å². The van der Waals surface area contributed by atoms with Crippen LogP contribution in [0, 0.1) is 6.92 Å². The van der Waals surface area contributed by atoms with Gasteiger partial charge in [0.25, 0.3) is 0 Å². The van der Waals surface area contributed by atoms with Gasteiger partial charge in [-0.15, -0.1) is 11.3 Å². The summed E-state index contributed by atoms with van der Waals surface area (Å²) in [6, 6.07) is 2.52. The van der Waals surface area contributed by atoms with Gasteiger partial charge in [-0.1, -0.05) is 0 Å². The summed E-state index contributed by atoms with van der Waals surface area (Å²) in [5, 5.41) is 10.9. The third-order valence-electron chi connectivity index (χ3n) is 2.71. The fraction of sp³-hybridized carbons (Fsp3) is 0.500. The summed E-state index contributed by atoms with van der Waals surface area (Å²) in [6.07, 6.45) is 1.85. The smallest absolute Gasteiger partial charge is 0.0928 e. The summed E-state index contributed by atoms with van der Waals surface area (Å²) < 4.78 is 2.04. The van der Waals surface area contributed by atoms with Gasteiger partial charge in [0.15, 0.2) is 0 Å². The van der Waals surface area contributed by atoms with Crippen molar-refractivity contribution in [1.82, 2.24) is 20.1 Å². The molecule has 0 radical (unpaired) electrons. The Kier molecular flexibility index (Phi) is 3.59. The Morgan fingerprint density at radius 1 is 1.41 bits per heavy atom. The Balaban J connectivity index is 2.38. The molecule has 0 aliphatic carbocycles. The molecule has 0 bridgehead atoms. The molecule has 1 atom stereocenters. The summed E-state index contributed by atoms with van der Waals surface area (Å²) in [5.74, 6) is 0. The van der Waals surface area contributed by atoms with Crippen molar-refractivity contribution in [2.75, 3.05) is 7.05 Å². The van der Waals surface area contributed by atoms with E-state index in [1.807, 2.05) is 24.9 Å². The number of hydrogen-bond acceptors (Lipinski definition) is 4. The summed E-state index contributed by atoms with van der Waals surface area (Å²) in [5.41, 5.74) is 2.23. The topological polar surface area (TPSA) is 42.7 Å². The zero-order valence-electron chi connectivity index (χ0n) is 10.6. The molecule has 2 rings (SSSR count). The summed E-state index contributed by atoms with van der Waals surface area (Å²) >= 11 is 1.68. The molecule has 5 heteroatoms. The van der Waals surface area contributed by atoms with Crippen molar-refractivity contribution < 1.29 is 0 Å². The standard InChI is InChI=1S/C12H18N4S/c1-8(2)16-11(5-6-14-16)12(13-4)10-7-17-9(3)15-10/h5-8,12-13H,1-4H3. The average Bonchev–Trinajstić information content (AvgIpc) is 2.89. The number of nitrogens with zero attached hydrogens (tertiary/aromatic N) is 3. The van der Waals surface area contributed by atoms with E-state index in [1.165, 1.54) is 0 Å². The van der Waals surface area contributed by atoms with Gasteiger partial charge in [-0.3, -0.25) is 4.68 Å². The number of aryl methyl sites for hydroxylation is 1. The minimum Gasteiger partial charge on any atom is -0.307 e. The van der Waals surface area contributed by atoms with Crippen LogP contribution in [-0.2, 0) is 0 Å². The van der Waals surface area contributed by atoms with Crippen LogP contribution in [0.4, 0.5) is 0 Å². The molecule has 0 spiro atoms. The van der Waals surface area contributed by atoms with E-state index in [0.29, 0.717) is 6.04 Å². The Morgan fingerprint density at radius 2 is 2.18 bits per heavy atom. The quantitative estimate of drug-likeness (QED) is 0.906. The van der Waals surface area contributed by atoms with Gasteiger partial charge < -0.3 is 5.32 Å². The lowest BCUT2D eigenvalue weighted by Crippen LogP contribution is -2.22. The van der Waals surface area contributed by atoms with E-state index in [2.05, 4.69) is 40.7 Å². The first-order chi connectivity index (χ1) is 8.13. The first-order valence-corrected chi connectivity index (χ1v) is 6.64. The highest BCUT2D eigenvalue weighted by Crippen LogP contribution is 2.24. The second kappa shape index (κ2) is 4.98. The van der Waals surface area contributed by atoms with Crippen LogP contribution >= 0.6 is 11.3 Å². The lowest BCUT2D eigenvalue weighted by atomic mass is 10.1. The Labute approximate surface area is 106 Å². The molecule has 0 fully saturated rings. The van der Waals surface area contributed by atoms with Crippen LogP contribution in [0.15, 0.2) is 17.6 Å². The third kappa shape index (κ3) is 2.40. The van der Waals surface area contributed by atoms with Crippen LogP contribution in [0.5, 0.6) is 0 Å². The van der Waals surface area contributed by atoms with Crippen LogP contribution in [0.25, 0.3) is 0 Å². The maximum Gasteiger partial charge on any atom is 0.0928 e. The number of nitrogens with one attached hydrogen (secondary N) is 1. The molecule has 17 heavy (non-hydrogen) atoms. The summed E-state index contributed by atoms with van der Waals surface area (Å²) in [4.78, 5) is 4.55. The van der Waals surface area contributed by atoms with Gasteiger partial charge in [-0.05, 0) is 33.9 Å². The van der Waals surface area contributed by atoms with Gasteiger partial charge in [0.05, 0.1) is 22.4 Å². The Bertz CT molecular complexity index is 486. The van der Waals surface area contributed by atoms with E-state index >= 15 is 0 Å². The first kappa shape index (κ1) is 12.3. The van der Waals surface area contributed by atoms with Gasteiger partial charge in [0.1, 0.15) is 0 Å². The highest BCUT2D eigenvalue weighted by molar-refractivity contribution is 7.09. The van der Waals surface area contributed by atoms with Crippen molar-refractivity contribution in [3.8, 4) is 0 Å². The fourth-order valence-corrected chi connectivity index (χ4v) is 2.58. The van der Waals surface area contributed by atoms with Crippen molar-refractivity contribution >= 4 is 11.3 Å². The van der Waals surface area contributed by atoms with E-state index in [4.69, 9.17) is 0 Å². The molecule has 0 aliphatic rings. The van der Waals surface area contributed by atoms with Gasteiger partial charge in [-0.25, -0.2) is 4.98 Å². The highest BCUT2D eigenvalue weighted by Gasteiger charge is 2.19. The summed E-state index contributed by atoms with van der Waals surface area (Å²) in [6.45, 7) is 6.30. The van der Waals surface area contributed by atoms with Gasteiger partial charge >= 0.3 is 0 Å². The van der Waals surface area contributed by atoms with Crippen molar-refractivity contribution in [3.05, 3.63) is 34.0 Å². The molecule has 0 amide bonds.